The first kappa shape index (κ1) is 24.3. The summed E-state index contributed by atoms with van der Waals surface area (Å²) in [7, 11) is 0. The summed E-state index contributed by atoms with van der Waals surface area (Å²) in [6, 6.07) is 15.2. The van der Waals surface area contributed by atoms with E-state index in [0.717, 1.165) is 23.4 Å². The zero-order valence-electron chi connectivity index (χ0n) is 18.9. The molecule has 3 aromatic rings. The van der Waals surface area contributed by atoms with Crippen molar-refractivity contribution in [3.05, 3.63) is 95.3 Å². The van der Waals surface area contributed by atoms with Gasteiger partial charge in [0.1, 0.15) is 0 Å². The monoisotopic (exact) mass is 482 g/mol. The average Bonchev–Trinajstić information content (AvgIpc) is 2.88. The van der Waals surface area contributed by atoms with Crippen LogP contribution in [0.3, 0.4) is 0 Å². The number of rotatable bonds is 6. The van der Waals surface area contributed by atoms with Crippen LogP contribution in [0.15, 0.2) is 73.1 Å². The molecule has 35 heavy (non-hydrogen) atoms. The topological polar surface area (TPSA) is 74.3 Å². The molecule has 0 saturated carbocycles. The van der Waals surface area contributed by atoms with Gasteiger partial charge in [-0.15, -0.1) is 0 Å². The second-order valence-corrected chi connectivity index (χ2v) is 8.37. The average molecular weight is 483 g/mol. The van der Waals surface area contributed by atoms with Gasteiger partial charge in [-0.25, -0.2) is 0 Å². The van der Waals surface area contributed by atoms with Crippen LogP contribution in [-0.4, -0.2) is 35.9 Å². The molecule has 182 valence electrons. The zero-order chi connectivity index (χ0) is 24.8. The number of para-hydroxylation sites is 1. The van der Waals surface area contributed by atoms with Gasteiger partial charge in [0, 0.05) is 49.3 Å². The Morgan fingerprint density at radius 2 is 1.66 bits per heavy atom. The van der Waals surface area contributed by atoms with Crippen molar-refractivity contribution in [3.8, 4) is 0 Å². The fraction of sp³-hybridized carbons (Fsp3) is 0.269. The number of hydrogen-bond donors (Lipinski definition) is 2. The fourth-order valence-corrected chi connectivity index (χ4v) is 4.07. The number of carbonyl (C=O) groups is 2. The highest BCUT2D eigenvalue weighted by Crippen LogP contribution is 2.29. The number of pyridine rings is 1. The first-order valence-electron chi connectivity index (χ1n) is 11.3. The number of hydrogen-bond acceptors (Lipinski definition) is 4. The van der Waals surface area contributed by atoms with Crippen LogP contribution in [0.1, 0.15) is 44.7 Å². The van der Waals surface area contributed by atoms with Gasteiger partial charge < -0.3 is 15.5 Å². The molecular weight excluding hydrogens is 457 g/mol. The van der Waals surface area contributed by atoms with Gasteiger partial charge in [-0.1, -0.05) is 18.2 Å². The van der Waals surface area contributed by atoms with Crippen molar-refractivity contribution in [2.45, 2.75) is 31.6 Å². The molecule has 6 nitrogen and oxygen atoms in total. The number of alkyl halides is 3. The summed E-state index contributed by atoms with van der Waals surface area (Å²) < 4.78 is 38.2. The summed E-state index contributed by atoms with van der Waals surface area (Å²) in [5.41, 5.74) is 1.71. The highest BCUT2D eigenvalue weighted by atomic mass is 19.4. The lowest BCUT2D eigenvalue weighted by Gasteiger charge is -2.35. The molecule has 2 aromatic carbocycles. The summed E-state index contributed by atoms with van der Waals surface area (Å²) in [6.45, 7) is 1.63. The minimum Gasteiger partial charge on any atom is -0.371 e. The van der Waals surface area contributed by atoms with Gasteiger partial charge >= 0.3 is 6.18 Å². The smallest absolute Gasteiger partial charge is 0.371 e. The van der Waals surface area contributed by atoms with Crippen molar-refractivity contribution in [1.29, 1.82) is 0 Å². The molecule has 2 heterocycles. The number of benzene rings is 2. The minimum atomic E-state index is -4.44. The van der Waals surface area contributed by atoms with Gasteiger partial charge in [-0.2, -0.15) is 13.2 Å². The summed E-state index contributed by atoms with van der Waals surface area (Å²) in [5.74, 6) is -0.575. The molecule has 0 spiro atoms. The van der Waals surface area contributed by atoms with Crippen LogP contribution in [0.25, 0.3) is 0 Å². The Hall–Kier alpha value is -3.88. The van der Waals surface area contributed by atoms with E-state index in [1.54, 1.807) is 18.5 Å². The number of halogens is 3. The van der Waals surface area contributed by atoms with E-state index < -0.39 is 17.6 Å². The molecule has 0 radical (unpaired) electrons. The highest BCUT2D eigenvalue weighted by molar-refractivity contribution is 5.99. The molecule has 2 N–H and O–H groups in total. The Balaban J connectivity index is 1.33. The SMILES string of the molecule is O=C(NC1CCN(c2ccccc2C(=O)NCc2cccnc2)CC1)c1ccc(C(F)(F)F)cc1. The Kier molecular flexibility index (Phi) is 7.33. The van der Waals surface area contributed by atoms with E-state index in [1.807, 2.05) is 30.3 Å². The molecule has 4 rings (SSSR count). The number of anilines is 1. The Morgan fingerprint density at radius 3 is 2.31 bits per heavy atom. The van der Waals surface area contributed by atoms with E-state index in [2.05, 4.69) is 20.5 Å². The third-order valence-corrected chi connectivity index (χ3v) is 5.97. The lowest BCUT2D eigenvalue weighted by atomic mass is 10.0. The Morgan fingerprint density at radius 1 is 0.943 bits per heavy atom. The van der Waals surface area contributed by atoms with Crippen molar-refractivity contribution >= 4 is 17.5 Å². The van der Waals surface area contributed by atoms with E-state index in [1.165, 1.54) is 12.1 Å². The second-order valence-electron chi connectivity index (χ2n) is 8.37. The van der Waals surface area contributed by atoms with E-state index in [0.29, 0.717) is 38.0 Å². The van der Waals surface area contributed by atoms with E-state index in [4.69, 9.17) is 0 Å². The predicted molar refractivity (Wildman–Crippen MR) is 126 cm³/mol. The van der Waals surface area contributed by atoms with E-state index in [-0.39, 0.29) is 17.5 Å². The lowest BCUT2D eigenvalue weighted by Crippen LogP contribution is -2.45. The predicted octanol–water partition coefficient (Wildman–Crippen LogP) is 4.43. The molecule has 1 aliphatic rings. The van der Waals surface area contributed by atoms with Gasteiger partial charge in [0.15, 0.2) is 0 Å². The van der Waals surface area contributed by atoms with Gasteiger partial charge in [-0.05, 0) is 60.9 Å². The molecule has 0 bridgehead atoms. The maximum absolute atomic E-state index is 12.8. The van der Waals surface area contributed by atoms with Crippen LogP contribution in [-0.2, 0) is 12.7 Å². The largest absolute Gasteiger partial charge is 0.416 e. The molecule has 9 heteroatoms. The molecule has 0 unspecified atom stereocenters. The summed E-state index contributed by atoms with van der Waals surface area (Å²) in [4.78, 5) is 31.5. The molecule has 1 fully saturated rings. The number of nitrogens with zero attached hydrogens (tertiary/aromatic N) is 2. The number of aromatic nitrogens is 1. The number of amides is 2. The summed E-state index contributed by atoms with van der Waals surface area (Å²) in [6.07, 6.45) is 0.246. The zero-order valence-corrected chi connectivity index (χ0v) is 18.9. The highest BCUT2D eigenvalue weighted by Gasteiger charge is 2.30. The fourth-order valence-electron chi connectivity index (χ4n) is 4.07. The van der Waals surface area contributed by atoms with Crippen molar-refractivity contribution in [2.24, 2.45) is 0 Å². The van der Waals surface area contributed by atoms with Crippen molar-refractivity contribution in [2.75, 3.05) is 18.0 Å². The molecule has 2 amide bonds. The third kappa shape index (κ3) is 6.17. The summed E-state index contributed by atoms with van der Waals surface area (Å²) >= 11 is 0. The number of carbonyl (C=O) groups excluding carboxylic acids is 2. The first-order valence-corrected chi connectivity index (χ1v) is 11.3. The third-order valence-electron chi connectivity index (χ3n) is 5.97. The maximum Gasteiger partial charge on any atom is 0.416 e. The van der Waals surface area contributed by atoms with Crippen LogP contribution < -0.4 is 15.5 Å². The van der Waals surface area contributed by atoms with Crippen LogP contribution in [0.2, 0.25) is 0 Å². The van der Waals surface area contributed by atoms with Crippen LogP contribution >= 0.6 is 0 Å². The number of piperidine rings is 1. The standard InChI is InChI=1S/C26H25F3N4O2/c27-26(28,29)20-9-7-19(8-10-20)24(34)32-21-11-14-33(15-12-21)23-6-2-1-5-22(23)25(35)31-17-18-4-3-13-30-16-18/h1-10,13,16,21H,11-12,14-15,17H2,(H,31,35)(H,32,34). The van der Waals surface area contributed by atoms with Crippen molar-refractivity contribution in [3.63, 3.8) is 0 Å². The van der Waals surface area contributed by atoms with Crippen molar-refractivity contribution < 1.29 is 22.8 Å². The van der Waals surface area contributed by atoms with Gasteiger partial charge in [0.2, 0.25) is 0 Å². The van der Waals surface area contributed by atoms with Crippen LogP contribution in [0.5, 0.6) is 0 Å². The molecule has 1 aromatic heterocycles. The second kappa shape index (κ2) is 10.6. The van der Waals surface area contributed by atoms with Crippen molar-refractivity contribution in [1.82, 2.24) is 15.6 Å². The normalized spacial score (nSPS) is 14.4. The maximum atomic E-state index is 12.8. The minimum absolute atomic E-state index is 0.104. The Bertz CT molecular complexity index is 1160. The van der Waals surface area contributed by atoms with Crippen LogP contribution in [0, 0.1) is 0 Å². The number of nitrogens with one attached hydrogen (secondary N) is 2. The van der Waals surface area contributed by atoms with Gasteiger partial charge in [0.25, 0.3) is 11.8 Å². The molecule has 1 saturated heterocycles. The van der Waals surface area contributed by atoms with Gasteiger partial charge in [0.05, 0.1) is 11.1 Å². The molecule has 1 aliphatic heterocycles. The first-order chi connectivity index (χ1) is 16.8. The Labute approximate surface area is 201 Å². The van der Waals surface area contributed by atoms with Crippen LogP contribution in [0.4, 0.5) is 18.9 Å². The molecule has 0 aliphatic carbocycles. The quantitative estimate of drug-likeness (QED) is 0.545. The molecular formula is C26H25F3N4O2. The van der Waals surface area contributed by atoms with Gasteiger partial charge in [-0.3, -0.25) is 14.6 Å². The van der Waals surface area contributed by atoms with E-state index in [9.17, 15) is 22.8 Å². The molecule has 0 atom stereocenters. The summed E-state index contributed by atoms with van der Waals surface area (Å²) in [5, 5.41) is 5.84. The van der Waals surface area contributed by atoms with E-state index >= 15 is 0 Å². The lowest BCUT2D eigenvalue weighted by molar-refractivity contribution is -0.137.